The summed E-state index contributed by atoms with van der Waals surface area (Å²) in [5, 5.41) is 15.2. The lowest BCUT2D eigenvalue weighted by Gasteiger charge is -2.34. The van der Waals surface area contributed by atoms with Crippen molar-refractivity contribution in [1.82, 2.24) is 10.3 Å². The van der Waals surface area contributed by atoms with Gasteiger partial charge in [-0.3, -0.25) is 5.01 Å². The molecule has 9 heteroatoms. The first-order valence-corrected chi connectivity index (χ1v) is 9.31. The summed E-state index contributed by atoms with van der Waals surface area (Å²) in [5.41, 5.74) is -1.29. The molecule has 3 rings (SSSR count). The average molecular weight is 397 g/mol. The zero-order chi connectivity index (χ0) is 20.6. The first-order chi connectivity index (χ1) is 13.0. The molecule has 1 aliphatic carbocycles. The SMILES string of the molecule is CC(C)(C)OC(=O)N[C@H]1CCN(N(c2c(F)cc(C(=O)O)cc2F)C2CC2)C1. The van der Waals surface area contributed by atoms with Crippen LogP contribution in [-0.4, -0.2) is 53.0 Å². The minimum Gasteiger partial charge on any atom is -0.478 e. The number of ether oxygens (including phenoxy) is 1. The number of carboxylic acid groups (broad SMARTS) is 1. The summed E-state index contributed by atoms with van der Waals surface area (Å²) in [6.45, 7) is 6.21. The molecule has 0 radical (unpaired) electrons. The molecule has 2 N–H and O–H groups in total. The van der Waals surface area contributed by atoms with Gasteiger partial charge >= 0.3 is 12.1 Å². The Balaban J connectivity index is 1.74. The summed E-state index contributed by atoms with van der Waals surface area (Å²) in [7, 11) is 0. The van der Waals surface area contributed by atoms with Crippen molar-refractivity contribution in [3.05, 3.63) is 29.3 Å². The maximum Gasteiger partial charge on any atom is 0.407 e. The molecule has 154 valence electrons. The Morgan fingerprint density at radius 1 is 1.21 bits per heavy atom. The van der Waals surface area contributed by atoms with Gasteiger partial charge in [0.1, 0.15) is 11.3 Å². The van der Waals surface area contributed by atoms with Crippen molar-refractivity contribution in [2.75, 3.05) is 18.1 Å². The number of hydrazine groups is 1. The van der Waals surface area contributed by atoms with Crippen LogP contribution in [0.15, 0.2) is 12.1 Å². The topological polar surface area (TPSA) is 82.1 Å². The minimum atomic E-state index is -1.38. The molecule has 1 saturated carbocycles. The molecule has 1 heterocycles. The number of rotatable bonds is 5. The van der Waals surface area contributed by atoms with Crippen LogP contribution in [0.5, 0.6) is 0 Å². The lowest BCUT2D eigenvalue weighted by molar-refractivity contribution is 0.0505. The molecule has 1 saturated heterocycles. The second kappa shape index (κ2) is 7.54. The molecule has 2 aliphatic rings. The highest BCUT2D eigenvalue weighted by Crippen LogP contribution is 2.37. The highest BCUT2D eigenvalue weighted by molar-refractivity contribution is 5.88. The number of hydrogen-bond acceptors (Lipinski definition) is 5. The average Bonchev–Trinajstić information content (AvgIpc) is 3.28. The van der Waals surface area contributed by atoms with Crippen LogP contribution in [0.4, 0.5) is 19.3 Å². The number of aromatic carboxylic acids is 1. The van der Waals surface area contributed by atoms with Gasteiger partial charge in [-0.2, -0.15) is 0 Å². The Kier molecular flexibility index (Phi) is 5.47. The van der Waals surface area contributed by atoms with Gasteiger partial charge in [-0.25, -0.2) is 23.4 Å². The Morgan fingerprint density at radius 2 is 1.82 bits per heavy atom. The van der Waals surface area contributed by atoms with Crippen LogP contribution in [0.1, 0.15) is 50.4 Å². The zero-order valence-corrected chi connectivity index (χ0v) is 16.2. The van der Waals surface area contributed by atoms with E-state index in [-0.39, 0.29) is 17.8 Å². The number of alkyl carbamates (subject to hydrolysis) is 1. The van der Waals surface area contributed by atoms with E-state index < -0.39 is 34.9 Å². The fourth-order valence-electron chi connectivity index (χ4n) is 3.31. The van der Waals surface area contributed by atoms with Crippen LogP contribution in [-0.2, 0) is 4.74 Å². The summed E-state index contributed by atoms with van der Waals surface area (Å²) in [6.07, 6.45) is 1.67. The lowest BCUT2D eigenvalue weighted by atomic mass is 10.1. The van der Waals surface area contributed by atoms with Crippen molar-refractivity contribution < 1.29 is 28.2 Å². The molecular weight excluding hydrogens is 372 g/mol. The van der Waals surface area contributed by atoms with Crippen LogP contribution in [0, 0.1) is 11.6 Å². The molecular formula is C19H25F2N3O4. The van der Waals surface area contributed by atoms with Crippen molar-refractivity contribution in [2.45, 2.75) is 57.7 Å². The normalized spacial score (nSPS) is 20.1. The molecule has 0 spiro atoms. The number of nitrogens with zero attached hydrogens (tertiary/aromatic N) is 2. The third-order valence-corrected chi connectivity index (χ3v) is 4.58. The first-order valence-electron chi connectivity index (χ1n) is 9.31. The maximum atomic E-state index is 14.6. The van der Waals surface area contributed by atoms with Gasteiger partial charge in [0.2, 0.25) is 0 Å². The number of amides is 1. The van der Waals surface area contributed by atoms with Gasteiger partial charge in [0.05, 0.1) is 5.56 Å². The molecule has 0 bridgehead atoms. The minimum absolute atomic E-state index is 0.0417. The van der Waals surface area contributed by atoms with E-state index in [2.05, 4.69) is 5.32 Å². The van der Waals surface area contributed by atoms with Gasteiger partial charge in [0.25, 0.3) is 0 Å². The second-order valence-corrected chi connectivity index (χ2v) is 8.21. The predicted octanol–water partition coefficient (Wildman–Crippen LogP) is 3.15. The van der Waals surface area contributed by atoms with E-state index in [1.807, 2.05) is 5.01 Å². The van der Waals surface area contributed by atoms with Gasteiger partial charge in [-0.15, -0.1) is 0 Å². The van der Waals surface area contributed by atoms with E-state index >= 15 is 0 Å². The Labute approximate surface area is 162 Å². The third kappa shape index (κ3) is 4.70. The summed E-state index contributed by atoms with van der Waals surface area (Å²) < 4.78 is 34.4. The van der Waals surface area contributed by atoms with Crippen LogP contribution < -0.4 is 10.3 Å². The van der Waals surface area contributed by atoms with Crippen LogP contribution in [0.2, 0.25) is 0 Å². The Bertz CT molecular complexity index is 754. The first kappa shape index (κ1) is 20.3. The lowest BCUT2D eigenvalue weighted by Crippen LogP contribution is -2.47. The van der Waals surface area contributed by atoms with Crippen LogP contribution >= 0.6 is 0 Å². The van der Waals surface area contributed by atoms with E-state index in [1.54, 1.807) is 25.8 Å². The van der Waals surface area contributed by atoms with Gasteiger partial charge < -0.3 is 15.2 Å². The summed E-state index contributed by atoms with van der Waals surface area (Å²) in [6, 6.07) is 1.42. The van der Waals surface area contributed by atoms with Gasteiger partial charge in [0, 0.05) is 25.2 Å². The molecule has 1 aromatic rings. The fourth-order valence-corrected chi connectivity index (χ4v) is 3.31. The van der Waals surface area contributed by atoms with Gasteiger partial charge in [0.15, 0.2) is 11.6 Å². The quantitative estimate of drug-likeness (QED) is 0.794. The molecule has 7 nitrogen and oxygen atoms in total. The van der Waals surface area contributed by atoms with Crippen molar-refractivity contribution in [3.63, 3.8) is 0 Å². The zero-order valence-electron chi connectivity index (χ0n) is 16.2. The summed E-state index contributed by atoms with van der Waals surface area (Å²) in [4.78, 5) is 23.0. The number of carbonyl (C=O) groups excluding carboxylic acids is 1. The number of carboxylic acids is 1. The van der Waals surface area contributed by atoms with Crippen molar-refractivity contribution in [1.29, 1.82) is 0 Å². The largest absolute Gasteiger partial charge is 0.478 e. The Morgan fingerprint density at radius 3 is 2.32 bits per heavy atom. The van der Waals surface area contributed by atoms with Crippen molar-refractivity contribution >= 4 is 17.7 Å². The Hall–Kier alpha value is -2.42. The number of nitrogens with one attached hydrogen (secondary N) is 1. The van der Waals surface area contributed by atoms with Crippen molar-refractivity contribution in [3.8, 4) is 0 Å². The maximum absolute atomic E-state index is 14.6. The fraction of sp³-hybridized carbons (Fsp3) is 0.579. The predicted molar refractivity (Wildman–Crippen MR) is 98.2 cm³/mol. The van der Waals surface area contributed by atoms with Crippen molar-refractivity contribution in [2.24, 2.45) is 0 Å². The number of carbonyl (C=O) groups is 2. The summed E-state index contributed by atoms with van der Waals surface area (Å²) >= 11 is 0. The van der Waals surface area contributed by atoms with E-state index in [1.165, 1.54) is 0 Å². The van der Waals surface area contributed by atoms with Crippen LogP contribution in [0.25, 0.3) is 0 Å². The highest BCUT2D eigenvalue weighted by atomic mass is 19.1. The molecule has 0 aromatic heterocycles. The molecule has 28 heavy (non-hydrogen) atoms. The molecule has 2 fully saturated rings. The number of anilines is 1. The van der Waals surface area contributed by atoms with Gasteiger partial charge in [-0.05, 0) is 52.2 Å². The van der Waals surface area contributed by atoms with E-state index in [4.69, 9.17) is 9.84 Å². The highest BCUT2D eigenvalue weighted by Gasteiger charge is 2.40. The summed E-state index contributed by atoms with van der Waals surface area (Å²) in [5.74, 6) is -3.20. The molecule has 1 amide bonds. The van der Waals surface area contributed by atoms with E-state index in [0.29, 0.717) is 19.5 Å². The number of halogens is 2. The smallest absolute Gasteiger partial charge is 0.407 e. The molecule has 1 atom stereocenters. The monoisotopic (exact) mass is 397 g/mol. The third-order valence-electron chi connectivity index (χ3n) is 4.58. The molecule has 1 aliphatic heterocycles. The van der Waals surface area contributed by atoms with Crippen LogP contribution in [0.3, 0.4) is 0 Å². The van der Waals surface area contributed by atoms with E-state index in [0.717, 1.165) is 25.0 Å². The van der Waals surface area contributed by atoms with E-state index in [9.17, 15) is 18.4 Å². The standard InChI is InChI=1S/C19H25F2N3O4/c1-19(2,3)28-18(27)22-12-6-7-23(10-12)24(13-4-5-13)16-14(20)8-11(17(25)26)9-15(16)21/h8-9,12-13H,4-7,10H2,1-3H3,(H,22,27)(H,25,26)/t12-/m0/s1. The second-order valence-electron chi connectivity index (χ2n) is 8.21. The molecule has 1 aromatic carbocycles. The number of hydrogen-bond donors (Lipinski definition) is 2. The number of benzene rings is 1. The van der Waals surface area contributed by atoms with Gasteiger partial charge in [-0.1, -0.05) is 0 Å². The molecule has 0 unspecified atom stereocenters.